The Balaban J connectivity index is 1.40. The monoisotopic (exact) mass is 459 g/mol. The molecule has 1 aromatic heterocycles. The number of aromatic nitrogens is 2. The lowest BCUT2D eigenvalue weighted by atomic mass is 10.0. The van der Waals surface area contributed by atoms with Gasteiger partial charge in [-0.05, 0) is 74.3 Å². The molecule has 3 aromatic rings. The van der Waals surface area contributed by atoms with Crippen molar-refractivity contribution in [3.8, 4) is 28.8 Å². The van der Waals surface area contributed by atoms with Crippen molar-refractivity contribution in [3.05, 3.63) is 60.3 Å². The molecule has 4 rings (SSSR count). The highest BCUT2D eigenvalue weighted by Crippen LogP contribution is 2.32. The van der Waals surface area contributed by atoms with Gasteiger partial charge in [0, 0.05) is 30.5 Å². The minimum Gasteiger partial charge on any atom is -0.493 e. The van der Waals surface area contributed by atoms with Crippen LogP contribution in [0.15, 0.2) is 54.7 Å². The first-order chi connectivity index (χ1) is 16.6. The number of carbonyl (C=O) groups is 1. The first kappa shape index (κ1) is 23.3. The molecule has 1 fully saturated rings. The van der Waals surface area contributed by atoms with E-state index in [0.29, 0.717) is 29.6 Å². The fraction of sp³-hybridized carbons (Fsp3) is 0.346. The maximum atomic E-state index is 12.5. The molecule has 0 spiro atoms. The number of hydrogen-bond acceptors (Lipinski definition) is 6. The van der Waals surface area contributed by atoms with Crippen LogP contribution in [-0.4, -0.2) is 41.5 Å². The average molecular weight is 460 g/mol. The maximum Gasteiger partial charge on any atom is 0.262 e. The van der Waals surface area contributed by atoms with Crippen molar-refractivity contribution in [2.45, 2.75) is 31.7 Å². The van der Waals surface area contributed by atoms with E-state index in [-0.39, 0.29) is 12.5 Å². The summed E-state index contributed by atoms with van der Waals surface area (Å²) < 4.78 is 13.5. The number of carbonyl (C=O) groups excluding carboxylic acids is 1. The van der Waals surface area contributed by atoms with Gasteiger partial charge in [-0.2, -0.15) is 10.4 Å². The molecule has 1 saturated heterocycles. The Morgan fingerprint density at radius 3 is 2.76 bits per heavy atom. The number of nitriles is 1. The maximum absolute atomic E-state index is 12.5. The van der Waals surface area contributed by atoms with E-state index in [4.69, 9.17) is 14.7 Å². The van der Waals surface area contributed by atoms with Crippen LogP contribution in [-0.2, 0) is 11.8 Å². The first-order valence-electron chi connectivity index (χ1n) is 11.5. The van der Waals surface area contributed by atoms with Crippen LogP contribution in [0.1, 0.15) is 31.2 Å². The predicted molar refractivity (Wildman–Crippen MR) is 130 cm³/mol. The zero-order valence-corrected chi connectivity index (χ0v) is 19.3. The average Bonchev–Trinajstić information content (AvgIpc) is 3.30. The Bertz CT molecular complexity index is 1140. The highest BCUT2D eigenvalue weighted by atomic mass is 16.5. The molecular formula is C26H29N5O3. The van der Waals surface area contributed by atoms with Crippen LogP contribution in [0.25, 0.3) is 11.3 Å². The minimum atomic E-state index is -0.280. The molecule has 0 saturated carbocycles. The van der Waals surface area contributed by atoms with Crippen molar-refractivity contribution in [1.29, 1.82) is 5.26 Å². The standard InChI is InChI=1S/C26H29N5O3/c1-31-24(11-14-29-31)23-16-21(7-10-25(23)33-15-12-20-4-2-3-13-28-20)30-26(32)18-34-22-8-5-19(17-27)6-9-22/h5-11,14,16,20,28H,2-4,12-13,15,18H2,1H3,(H,30,32). The van der Waals surface area contributed by atoms with Gasteiger partial charge in [-0.25, -0.2) is 0 Å². The summed E-state index contributed by atoms with van der Waals surface area (Å²) in [4.78, 5) is 12.5. The SMILES string of the molecule is Cn1nccc1-c1cc(NC(=O)COc2ccc(C#N)cc2)ccc1OCCC1CCCCN1. The molecule has 1 atom stereocenters. The highest BCUT2D eigenvalue weighted by Gasteiger charge is 2.15. The third-order valence-electron chi connectivity index (χ3n) is 5.85. The molecule has 176 valence electrons. The fourth-order valence-electron chi connectivity index (χ4n) is 4.03. The summed E-state index contributed by atoms with van der Waals surface area (Å²) in [7, 11) is 1.88. The Kier molecular flexibility index (Phi) is 7.79. The molecule has 1 amide bonds. The Morgan fingerprint density at radius 2 is 2.06 bits per heavy atom. The van der Waals surface area contributed by atoms with Crippen LogP contribution >= 0.6 is 0 Å². The molecule has 2 N–H and O–H groups in total. The number of aryl methyl sites for hydroxylation is 1. The Labute approximate surface area is 199 Å². The van der Waals surface area contributed by atoms with E-state index < -0.39 is 0 Å². The molecule has 0 radical (unpaired) electrons. The van der Waals surface area contributed by atoms with Crippen LogP contribution in [0.2, 0.25) is 0 Å². The van der Waals surface area contributed by atoms with Crippen LogP contribution < -0.4 is 20.1 Å². The van der Waals surface area contributed by atoms with Gasteiger partial charge in [0.25, 0.3) is 5.91 Å². The summed E-state index contributed by atoms with van der Waals surface area (Å²) in [5.74, 6) is 1.00. The van der Waals surface area contributed by atoms with Crippen molar-refractivity contribution in [2.75, 3.05) is 25.1 Å². The van der Waals surface area contributed by atoms with Gasteiger partial charge in [0.05, 0.1) is 23.9 Å². The number of ether oxygens (including phenoxy) is 2. The molecular weight excluding hydrogens is 430 g/mol. The van der Waals surface area contributed by atoms with Crippen molar-refractivity contribution in [2.24, 2.45) is 7.05 Å². The number of anilines is 1. The summed E-state index contributed by atoms with van der Waals surface area (Å²) >= 11 is 0. The van der Waals surface area contributed by atoms with Crippen molar-refractivity contribution in [3.63, 3.8) is 0 Å². The van der Waals surface area contributed by atoms with Crippen molar-refractivity contribution >= 4 is 11.6 Å². The quantitative estimate of drug-likeness (QED) is 0.504. The largest absolute Gasteiger partial charge is 0.493 e. The van der Waals surface area contributed by atoms with Gasteiger partial charge >= 0.3 is 0 Å². The van der Waals surface area contributed by atoms with E-state index in [1.165, 1.54) is 19.3 Å². The van der Waals surface area contributed by atoms with Gasteiger partial charge < -0.3 is 20.1 Å². The van der Waals surface area contributed by atoms with Crippen molar-refractivity contribution in [1.82, 2.24) is 15.1 Å². The van der Waals surface area contributed by atoms with E-state index in [2.05, 4.69) is 21.8 Å². The predicted octanol–water partition coefficient (Wildman–Crippen LogP) is 3.89. The van der Waals surface area contributed by atoms with E-state index >= 15 is 0 Å². The van der Waals surface area contributed by atoms with Gasteiger partial charge in [0.15, 0.2) is 6.61 Å². The van der Waals surface area contributed by atoms with Gasteiger partial charge in [-0.15, -0.1) is 0 Å². The number of nitrogens with zero attached hydrogens (tertiary/aromatic N) is 3. The minimum absolute atomic E-state index is 0.139. The number of piperidine rings is 1. The van der Waals surface area contributed by atoms with E-state index in [1.807, 2.05) is 31.3 Å². The van der Waals surface area contributed by atoms with Gasteiger partial charge in [0.2, 0.25) is 0 Å². The van der Waals surface area contributed by atoms with Gasteiger partial charge in [0.1, 0.15) is 11.5 Å². The van der Waals surface area contributed by atoms with Crippen LogP contribution in [0.3, 0.4) is 0 Å². The lowest BCUT2D eigenvalue weighted by Gasteiger charge is -2.23. The molecule has 1 aliphatic heterocycles. The van der Waals surface area contributed by atoms with Crippen LogP contribution in [0.5, 0.6) is 11.5 Å². The first-order valence-corrected chi connectivity index (χ1v) is 11.5. The fourth-order valence-corrected chi connectivity index (χ4v) is 4.03. The molecule has 0 bridgehead atoms. The summed E-state index contributed by atoms with van der Waals surface area (Å²) in [5, 5.41) is 19.6. The number of nitrogens with one attached hydrogen (secondary N) is 2. The zero-order chi connectivity index (χ0) is 23.8. The second-order valence-electron chi connectivity index (χ2n) is 8.31. The Hall–Kier alpha value is -3.83. The normalized spacial score (nSPS) is 15.4. The number of hydrogen-bond donors (Lipinski definition) is 2. The van der Waals surface area contributed by atoms with Crippen molar-refractivity contribution < 1.29 is 14.3 Å². The van der Waals surface area contributed by atoms with Crippen LogP contribution in [0, 0.1) is 11.3 Å². The highest BCUT2D eigenvalue weighted by molar-refractivity contribution is 5.93. The van der Waals surface area contributed by atoms with E-state index in [1.54, 1.807) is 35.1 Å². The Morgan fingerprint density at radius 1 is 1.21 bits per heavy atom. The molecule has 2 aromatic carbocycles. The molecule has 34 heavy (non-hydrogen) atoms. The lowest BCUT2D eigenvalue weighted by Crippen LogP contribution is -2.35. The third-order valence-corrected chi connectivity index (χ3v) is 5.85. The summed E-state index contributed by atoms with van der Waals surface area (Å²) in [5.41, 5.74) is 2.95. The molecule has 2 heterocycles. The zero-order valence-electron chi connectivity index (χ0n) is 19.3. The summed E-state index contributed by atoms with van der Waals surface area (Å²) in [6.07, 6.45) is 6.39. The second-order valence-corrected chi connectivity index (χ2v) is 8.31. The van der Waals surface area contributed by atoms with E-state index in [9.17, 15) is 4.79 Å². The smallest absolute Gasteiger partial charge is 0.262 e. The lowest BCUT2D eigenvalue weighted by molar-refractivity contribution is -0.118. The van der Waals surface area contributed by atoms with E-state index in [0.717, 1.165) is 30.0 Å². The van der Waals surface area contributed by atoms with Crippen LogP contribution in [0.4, 0.5) is 5.69 Å². The third kappa shape index (κ3) is 6.15. The molecule has 1 aliphatic rings. The number of amides is 1. The molecule has 8 heteroatoms. The topological polar surface area (TPSA) is 101 Å². The summed E-state index contributed by atoms with van der Waals surface area (Å²) in [6.45, 7) is 1.56. The van der Waals surface area contributed by atoms with Gasteiger partial charge in [-0.3, -0.25) is 9.48 Å². The second kappa shape index (κ2) is 11.3. The summed E-state index contributed by atoms with van der Waals surface area (Å²) in [6, 6.07) is 16.7. The number of rotatable bonds is 9. The molecule has 0 aliphatic carbocycles. The van der Waals surface area contributed by atoms with Gasteiger partial charge in [-0.1, -0.05) is 6.42 Å². The number of benzene rings is 2. The molecule has 1 unspecified atom stereocenters. The molecule has 8 nitrogen and oxygen atoms in total.